The zero-order chi connectivity index (χ0) is 7.98. The molecular formula is C8H16ClO. The van der Waals surface area contributed by atoms with Crippen LogP contribution in [0.15, 0.2) is 0 Å². The molecule has 0 rings (SSSR count). The molecule has 0 amide bonds. The molecule has 0 aromatic carbocycles. The van der Waals surface area contributed by atoms with Crippen molar-refractivity contribution in [1.82, 2.24) is 0 Å². The maximum Gasteiger partial charge on any atom is 0.109 e. The highest BCUT2D eigenvalue weighted by molar-refractivity contribution is 6.20. The number of alkyl halides is 1. The van der Waals surface area contributed by atoms with E-state index in [4.69, 9.17) is 11.6 Å². The van der Waals surface area contributed by atoms with Gasteiger partial charge in [0, 0.05) is 0 Å². The molecule has 0 saturated carbocycles. The maximum atomic E-state index is 11.0. The third-order valence-electron chi connectivity index (χ3n) is 1.60. The largest absolute Gasteiger partial charge is 0.232 e. The molecule has 0 fully saturated rings. The summed E-state index contributed by atoms with van der Waals surface area (Å²) in [6.45, 7) is 3.90. The van der Waals surface area contributed by atoms with Gasteiger partial charge in [-0.15, -0.1) is 11.6 Å². The fraction of sp³-hybridized carbons (Fsp3) is 1.00. The lowest BCUT2D eigenvalue weighted by molar-refractivity contribution is 0.0786. The molecule has 0 aliphatic rings. The second-order valence-corrected chi connectivity index (χ2v) is 3.40. The van der Waals surface area contributed by atoms with Gasteiger partial charge in [-0.3, -0.25) is 0 Å². The van der Waals surface area contributed by atoms with E-state index in [9.17, 15) is 5.11 Å². The van der Waals surface area contributed by atoms with E-state index >= 15 is 0 Å². The van der Waals surface area contributed by atoms with Crippen LogP contribution in [0, 0.1) is 0 Å². The van der Waals surface area contributed by atoms with Crippen LogP contribution in [0.4, 0.5) is 0 Å². The van der Waals surface area contributed by atoms with Gasteiger partial charge < -0.3 is 0 Å². The van der Waals surface area contributed by atoms with Gasteiger partial charge in [0.1, 0.15) is 6.10 Å². The number of rotatable bonds is 5. The van der Waals surface area contributed by atoms with Crippen molar-refractivity contribution in [3.63, 3.8) is 0 Å². The van der Waals surface area contributed by atoms with Crippen LogP contribution < -0.4 is 0 Å². The van der Waals surface area contributed by atoms with Crippen LogP contribution in [0.3, 0.4) is 0 Å². The number of unbranched alkanes of at least 4 members (excludes halogenated alkanes) is 2. The van der Waals surface area contributed by atoms with Crippen molar-refractivity contribution in [3.8, 4) is 0 Å². The minimum Gasteiger partial charge on any atom is -0.232 e. The summed E-state index contributed by atoms with van der Waals surface area (Å²) in [5.41, 5.74) is 0. The van der Waals surface area contributed by atoms with Gasteiger partial charge in [0.25, 0.3) is 0 Å². The summed E-state index contributed by atoms with van der Waals surface area (Å²) in [5.74, 6) is 0. The molecule has 0 aromatic heterocycles. The van der Waals surface area contributed by atoms with Gasteiger partial charge >= 0.3 is 0 Å². The van der Waals surface area contributed by atoms with Crippen LogP contribution in [0.1, 0.15) is 39.5 Å². The second kappa shape index (κ2) is 5.99. The molecule has 2 unspecified atom stereocenters. The van der Waals surface area contributed by atoms with E-state index in [1.807, 2.05) is 0 Å². The van der Waals surface area contributed by atoms with E-state index in [1.54, 1.807) is 6.92 Å². The van der Waals surface area contributed by atoms with Crippen molar-refractivity contribution in [2.24, 2.45) is 0 Å². The molecule has 0 N–H and O–H groups in total. The van der Waals surface area contributed by atoms with Crippen molar-refractivity contribution in [3.05, 3.63) is 0 Å². The first-order valence-electron chi connectivity index (χ1n) is 3.98. The number of halogens is 1. The van der Waals surface area contributed by atoms with Crippen LogP contribution in [0.2, 0.25) is 0 Å². The first-order chi connectivity index (χ1) is 4.68. The van der Waals surface area contributed by atoms with Crippen molar-refractivity contribution in [1.29, 1.82) is 0 Å². The van der Waals surface area contributed by atoms with Crippen LogP contribution in [-0.4, -0.2) is 11.5 Å². The Morgan fingerprint density at radius 3 is 2.40 bits per heavy atom. The Kier molecular flexibility index (Phi) is 6.14. The van der Waals surface area contributed by atoms with Gasteiger partial charge in [-0.2, -0.15) is 0 Å². The van der Waals surface area contributed by atoms with E-state index in [2.05, 4.69) is 6.92 Å². The van der Waals surface area contributed by atoms with Crippen LogP contribution in [-0.2, 0) is 5.11 Å². The molecule has 1 radical (unpaired) electrons. The quantitative estimate of drug-likeness (QED) is 0.439. The minimum absolute atomic E-state index is 0.211. The normalized spacial score (nSPS) is 16.8. The third kappa shape index (κ3) is 5.07. The summed E-state index contributed by atoms with van der Waals surface area (Å²) < 4.78 is 0. The van der Waals surface area contributed by atoms with Gasteiger partial charge in [-0.05, 0) is 13.3 Å². The van der Waals surface area contributed by atoms with Gasteiger partial charge in [0.2, 0.25) is 0 Å². The zero-order valence-corrected chi connectivity index (χ0v) is 7.53. The Balaban J connectivity index is 3.13. The lowest BCUT2D eigenvalue weighted by Gasteiger charge is -2.08. The molecule has 0 heterocycles. The SMILES string of the molecule is CCCCCC([O])C(C)Cl. The van der Waals surface area contributed by atoms with Gasteiger partial charge in [-0.25, -0.2) is 5.11 Å². The van der Waals surface area contributed by atoms with Crippen molar-refractivity contribution < 1.29 is 5.11 Å². The first-order valence-corrected chi connectivity index (χ1v) is 4.42. The molecular weight excluding hydrogens is 148 g/mol. The average molecular weight is 164 g/mol. The summed E-state index contributed by atoms with van der Waals surface area (Å²) in [6.07, 6.45) is 3.53. The predicted molar refractivity (Wildman–Crippen MR) is 43.9 cm³/mol. The fourth-order valence-electron chi connectivity index (χ4n) is 0.825. The van der Waals surface area contributed by atoms with Gasteiger partial charge in [-0.1, -0.05) is 26.2 Å². The fourth-order valence-corrected chi connectivity index (χ4v) is 0.951. The summed E-state index contributed by atoms with van der Waals surface area (Å²) in [5, 5.41) is 10.8. The molecule has 61 valence electrons. The Morgan fingerprint density at radius 2 is 2.00 bits per heavy atom. The van der Waals surface area contributed by atoms with E-state index < -0.39 is 6.10 Å². The Bertz CT molecular complexity index is 73.7. The number of hydrogen-bond donors (Lipinski definition) is 0. The summed E-state index contributed by atoms with van der Waals surface area (Å²) in [7, 11) is 0. The smallest absolute Gasteiger partial charge is 0.109 e. The number of hydrogen-bond acceptors (Lipinski definition) is 0. The highest BCUT2D eigenvalue weighted by Crippen LogP contribution is 2.10. The summed E-state index contributed by atoms with van der Waals surface area (Å²) in [4.78, 5) is 0. The first kappa shape index (κ1) is 10.2. The van der Waals surface area contributed by atoms with E-state index in [0.29, 0.717) is 0 Å². The van der Waals surface area contributed by atoms with E-state index in [1.165, 1.54) is 6.42 Å². The van der Waals surface area contributed by atoms with Crippen LogP contribution >= 0.6 is 11.6 Å². The predicted octanol–water partition coefficient (Wildman–Crippen LogP) is 2.99. The zero-order valence-electron chi connectivity index (χ0n) is 6.77. The highest BCUT2D eigenvalue weighted by atomic mass is 35.5. The van der Waals surface area contributed by atoms with Crippen LogP contribution in [0.5, 0.6) is 0 Å². The molecule has 0 spiro atoms. The summed E-state index contributed by atoms with van der Waals surface area (Å²) >= 11 is 5.59. The molecule has 0 aromatic rings. The lowest BCUT2D eigenvalue weighted by Crippen LogP contribution is -2.15. The minimum atomic E-state index is -0.562. The molecule has 0 saturated heterocycles. The third-order valence-corrected chi connectivity index (χ3v) is 1.89. The van der Waals surface area contributed by atoms with Crippen molar-refractivity contribution >= 4 is 11.6 Å². The molecule has 0 aliphatic heterocycles. The Labute approximate surface area is 68.4 Å². The Hall–Kier alpha value is 0.250. The molecule has 1 nitrogen and oxygen atoms in total. The maximum absolute atomic E-state index is 11.0. The molecule has 2 atom stereocenters. The molecule has 0 bridgehead atoms. The highest BCUT2D eigenvalue weighted by Gasteiger charge is 2.11. The molecule has 10 heavy (non-hydrogen) atoms. The molecule has 2 heteroatoms. The van der Waals surface area contributed by atoms with Gasteiger partial charge in [0.05, 0.1) is 5.38 Å². The van der Waals surface area contributed by atoms with E-state index in [0.717, 1.165) is 19.3 Å². The van der Waals surface area contributed by atoms with Crippen LogP contribution in [0.25, 0.3) is 0 Å². The topological polar surface area (TPSA) is 19.9 Å². The average Bonchev–Trinajstić information content (AvgIpc) is 1.88. The lowest BCUT2D eigenvalue weighted by atomic mass is 10.1. The van der Waals surface area contributed by atoms with Gasteiger partial charge in [0.15, 0.2) is 0 Å². The van der Waals surface area contributed by atoms with E-state index in [-0.39, 0.29) is 5.38 Å². The monoisotopic (exact) mass is 163 g/mol. The molecule has 0 aliphatic carbocycles. The second-order valence-electron chi connectivity index (χ2n) is 2.71. The Morgan fingerprint density at radius 1 is 1.40 bits per heavy atom. The van der Waals surface area contributed by atoms with Crippen molar-refractivity contribution in [2.45, 2.75) is 51.0 Å². The summed E-state index contributed by atoms with van der Waals surface area (Å²) in [6, 6.07) is 0. The standard InChI is InChI=1S/C8H16ClO/c1-3-4-5-6-8(10)7(2)9/h7-8H,3-6H2,1-2H3. The van der Waals surface area contributed by atoms with Crippen molar-refractivity contribution in [2.75, 3.05) is 0 Å².